The number of pyridine rings is 1. The third kappa shape index (κ3) is 3.57. The molecule has 1 aliphatic heterocycles. The van der Waals surface area contributed by atoms with Gasteiger partial charge >= 0.3 is 0 Å². The number of anilines is 1. The maximum absolute atomic E-state index is 12.0. The van der Waals surface area contributed by atoms with Crippen LogP contribution in [-0.4, -0.2) is 28.3 Å². The van der Waals surface area contributed by atoms with Gasteiger partial charge in [0, 0.05) is 47.4 Å². The number of rotatable bonds is 4. The van der Waals surface area contributed by atoms with E-state index in [0.717, 1.165) is 40.3 Å². The Hall–Kier alpha value is -3.67. The molecule has 6 heteroatoms. The van der Waals surface area contributed by atoms with Gasteiger partial charge in [0.2, 0.25) is 5.91 Å². The summed E-state index contributed by atoms with van der Waals surface area (Å²) in [5.74, 6) is -0.191. The number of aromatic nitrogens is 2. The Morgan fingerprint density at radius 3 is 2.71 bits per heavy atom. The van der Waals surface area contributed by atoms with Crippen molar-refractivity contribution in [3.8, 4) is 22.5 Å². The molecule has 0 bridgehead atoms. The Bertz CT molecular complexity index is 1060. The molecule has 1 aliphatic rings. The summed E-state index contributed by atoms with van der Waals surface area (Å²) in [6.45, 7) is 2.46. The average molecular weight is 372 g/mol. The highest BCUT2D eigenvalue weighted by molar-refractivity contribution is 5.99. The monoisotopic (exact) mass is 372 g/mol. The zero-order valence-electron chi connectivity index (χ0n) is 15.5. The number of nitrogens with one attached hydrogen (secondary N) is 3. The minimum Gasteiger partial charge on any atom is -0.358 e. The second kappa shape index (κ2) is 7.52. The predicted octanol–water partition coefficient (Wildman–Crippen LogP) is 3.54. The fourth-order valence-corrected chi connectivity index (χ4v) is 3.26. The van der Waals surface area contributed by atoms with Crippen molar-refractivity contribution in [2.45, 2.75) is 13.3 Å². The van der Waals surface area contributed by atoms with E-state index in [9.17, 15) is 9.59 Å². The quantitative estimate of drug-likeness (QED) is 0.612. The van der Waals surface area contributed by atoms with E-state index < -0.39 is 0 Å². The standard InChI is InChI=1S/C22H20N4O2/c1-2-3-21(27)25-16-6-4-14(5-7-16)19-12-15(8-10-23-19)20-13-17-18(26-20)9-11-24-22(17)28/h2-8,10,12-13,26H,9,11H2,1H3,(H,24,28)(H,25,27)/b3-2+. The van der Waals surface area contributed by atoms with Crippen molar-refractivity contribution in [2.75, 3.05) is 11.9 Å². The molecule has 2 amide bonds. The Morgan fingerprint density at radius 2 is 1.96 bits per heavy atom. The molecule has 0 aliphatic carbocycles. The van der Waals surface area contributed by atoms with Gasteiger partial charge in [0.15, 0.2) is 0 Å². The fourth-order valence-electron chi connectivity index (χ4n) is 3.26. The molecule has 3 N–H and O–H groups in total. The van der Waals surface area contributed by atoms with Gasteiger partial charge in [0.05, 0.1) is 11.3 Å². The first-order valence-corrected chi connectivity index (χ1v) is 9.14. The maximum atomic E-state index is 12.0. The molecule has 4 rings (SSSR count). The van der Waals surface area contributed by atoms with E-state index in [2.05, 4.69) is 20.6 Å². The van der Waals surface area contributed by atoms with E-state index in [1.54, 1.807) is 19.2 Å². The number of hydrogen-bond acceptors (Lipinski definition) is 3. The van der Waals surface area contributed by atoms with Crippen molar-refractivity contribution in [1.29, 1.82) is 0 Å². The number of nitrogens with zero attached hydrogens (tertiary/aromatic N) is 1. The molecule has 0 fully saturated rings. The zero-order chi connectivity index (χ0) is 19.5. The molecule has 0 radical (unpaired) electrons. The molecule has 3 aromatic rings. The lowest BCUT2D eigenvalue weighted by atomic mass is 10.1. The van der Waals surface area contributed by atoms with Crippen LogP contribution in [0.3, 0.4) is 0 Å². The Balaban J connectivity index is 1.59. The number of carbonyl (C=O) groups is 2. The first-order chi connectivity index (χ1) is 13.6. The van der Waals surface area contributed by atoms with Gasteiger partial charge < -0.3 is 15.6 Å². The highest BCUT2D eigenvalue weighted by Crippen LogP contribution is 2.27. The van der Waals surface area contributed by atoms with Crippen molar-refractivity contribution >= 4 is 17.5 Å². The SMILES string of the molecule is C/C=C/C(=O)Nc1ccc(-c2cc(-c3cc4c([nH]3)CCNC4=O)ccn2)cc1. The number of H-pyrrole nitrogens is 1. The summed E-state index contributed by atoms with van der Waals surface area (Å²) in [4.78, 5) is 31.4. The van der Waals surface area contributed by atoms with Gasteiger partial charge in [-0.2, -0.15) is 0 Å². The van der Waals surface area contributed by atoms with Crippen molar-refractivity contribution in [3.63, 3.8) is 0 Å². The molecular formula is C22H20N4O2. The van der Waals surface area contributed by atoms with E-state index in [1.165, 1.54) is 6.08 Å². The topological polar surface area (TPSA) is 86.9 Å². The van der Waals surface area contributed by atoms with Crippen LogP contribution in [0.1, 0.15) is 23.0 Å². The van der Waals surface area contributed by atoms with Crippen molar-refractivity contribution in [3.05, 3.63) is 72.1 Å². The number of allylic oxidation sites excluding steroid dienone is 1. The molecule has 0 unspecified atom stereocenters. The van der Waals surface area contributed by atoms with Crippen molar-refractivity contribution < 1.29 is 9.59 Å². The van der Waals surface area contributed by atoms with Crippen LogP contribution < -0.4 is 10.6 Å². The van der Waals surface area contributed by atoms with Crippen molar-refractivity contribution in [1.82, 2.24) is 15.3 Å². The number of carbonyl (C=O) groups excluding carboxylic acids is 2. The minimum absolute atomic E-state index is 0.0337. The summed E-state index contributed by atoms with van der Waals surface area (Å²) in [6, 6.07) is 13.3. The smallest absolute Gasteiger partial charge is 0.253 e. The largest absolute Gasteiger partial charge is 0.358 e. The van der Waals surface area contributed by atoms with Crippen molar-refractivity contribution in [2.24, 2.45) is 0 Å². The van der Waals surface area contributed by atoms with Crippen LogP contribution in [0.5, 0.6) is 0 Å². The summed E-state index contributed by atoms with van der Waals surface area (Å²) < 4.78 is 0. The number of amides is 2. The zero-order valence-corrected chi connectivity index (χ0v) is 15.5. The predicted molar refractivity (Wildman–Crippen MR) is 109 cm³/mol. The van der Waals surface area contributed by atoms with Crippen LogP contribution in [0.2, 0.25) is 0 Å². The highest BCUT2D eigenvalue weighted by atomic mass is 16.2. The third-order valence-electron chi connectivity index (χ3n) is 4.64. The molecule has 3 heterocycles. The maximum Gasteiger partial charge on any atom is 0.253 e. The Morgan fingerprint density at radius 1 is 1.14 bits per heavy atom. The Labute approximate surface area is 162 Å². The summed E-state index contributed by atoms with van der Waals surface area (Å²) in [5.41, 5.74) is 6.05. The van der Waals surface area contributed by atoms with Crippen LogP contribution >= 0.6 is 0 Å². The molecule has 0 saturated carbocycles. The van der Waals surface area contributed by atoms with Gasteiger partial charge in [-0.3, -0.25) is 14.6 Å². The molecule has 140 valence electrons. The summed E-state index contributed by atoms with van der Waals surface area (Å²) >= 11 is 0. The number of aromatic amines is 1. The molecule has 0 atom stereocenters. The van der Waals surface area contributed by atoms with E-state index in [0.29, 0.717) is 12.1 Å². The second-order valence-electron chi connectivity index (χ2n) is 6.58. The second-order valence-corrected chi connectivity index (χ2v) is 6.58. The normalized spacial score (nSPS) is 13.2. The van der Waals surface area contributed by atoms with Gasteiger partial charge in [-0.05, 0) is 43.3 Å². The van der Waals surface area contributed by atoms with Gasteiger partial charge in [-0.1, -0.05) is 18.2 Å². The summed E-state index contributed by atoms with van der Waals surface area (Å²) in [7, 11) is 0. The lowest BCUT2D eigenvalue weighted by Gasteiger charge is -2.11. The van der Waals surface area contributed by atoms with Crippen LogP contribution in [0.25, 0.3) is 22.5 Å². The molecule has 0 saturated heterocycles. The van der Waals surface area contributed by atoms with Crippen LogP contribution in [0, 0.1) is 0 Å². The first kappa shape index (κ1) is 17.7. The molecule has 6 nitrogen and oxygen atoms in total. The third-order valence-corrected chi connectivity index (χ3v) is 4.64. The fraction of sp³-hybridized carbons (Fsp3) is 0.136. The van der Waals surface area contributed by atoms with E-state index in [-0.39, 0.29) is 11.8 Å². The molecule has 0 spiro atoms. The van der Waals surface area contributed by atoms with Crippen LogP contribution in [-0.2, 0) is 11.2 Å². The Kier molecular flexibility index (Phi) is 4.76. The van der Waals surface area contributed by atoms with Crippen LogP contribution in [0.15, 0.2) is 60.8 Å². The first-order valence-electron chi connectivity index (χ1n) is 9.14. The number of hydrogen-bond donors (Lipinski definition) is 3. The van der Waals surface area contributed by atoms with E-state index in [4.69, 9.17) is 0 Å². The molecule has 1 aromatic carbocycles. The highest BCUT2D eigenvalue weighted by Gasteiger charge is 2.20. The van der Waals surface area contributed by atoms with Gasteiger partial charge in [0.25, 0.3) is 5.91 Å². The number of benzene rings is 1. The van der Waals surface area contributed by atoms with Gasteiger partial charge in [0.1, 0.15) is 0 Å². The molecule has 2 aromatic heterocycles. The van der Waals surface area contributed by atoms with Gasteiger partial charge in [-0.15, -0.1) is 0 Å². The van der Waals surface area contributed by atoms with E-state index >= 15 is 0 Å². The van der Waals surface area contributed by atoms with E-state index in [1.807, 2.05) is 42.5 Å². The lowest BCUT2D eigenvalue weighted by molar-refractivity contribution is -0.111. The molecule has 28 heavy (non-hydrogen) atoms. The molecular weight excluding hydrogens is 352 g/mol. The number of fused-ring (bicyclic) bond motifs is 1. The minimum atomic E-state index is -0.157. The van der Waals surface area contributed by atoms with Gasteiger partial charge in [-0.25, -0.2) is 0 Å². The summed E-state index contributed by atoms with van der Waals surface area (Å²) in [6.07, 6.45) is 5.74. The lowest BCUT2D eigenvalue weighted by Crippen LogP contribution is -2.31. The summed E-state index contributed by atoms with van der Waals surface area (Å²) in [5, 5.41) is 5.66. The average Bonchev–Trinajstić information content (AvgIpc) is 3.15. The van der Waals surface area contributed by atoms with Crippen LogP contribution in [0.4, 0.5) is 5.69 Å².